The van der Waals surface area contributed by atoms with Crippen LogP contribution in [0.25, 0.3) is 0 Å². The molecule has 0 aromatic heterocycles. The first-order valence-electron chi connectivity index (χ1n) is 8.09. The second-order valence-electron chi connectivity index (χ2n) is 5.98. The number of hydrogen-bond donors (Lipinski definition) is 2. The Morgan fingerprint density at radius 1 is 1.41 bits per heavy atom. The standard InChI is InChI=1S/C17H27N3O2/c1-14-7-5-11-20(13-14)12-6-10-18-17(21)19-15-8-3-4-9-16(15)22-2/h3-4,8-9,14H,5-7,10-13H2,1-2H3,(H2,18,19,21). The maximum absolute atomic E-state index is 11.9. The Morgan fingerprint density at radius 3 is 3.00 bits per heavy atom. The number of piperidine rings is 1. The molecular formula is C17H27N3O2. The van der Waals surface area contributed by atoms with Gasteiger partial charge in [0.15, 0.2) is 0 Å². The molecular weight excluding hydrogens is 278 g/mol. The minimum absolute atomic E-state index is 0.184. The normalized spacial score (nSPS) is 18.7. The first-order valence-corrected chi connectivity index (χ1v) is 8.09. The number of ether oxygens (including phenoxy) is 1. The van der Waals surface area contributed by atoms with Crippen molar-refractivity contribution in [2.45, 2.75) is 26.2 Å². The zero-order valence-corrected chi connectivity index (χ0v) is 13.6. The number of carbonyl (C=O) groups is 1. The lowest BCUT2D eigenvalue weighted by Crippen LogP contribution is -2.37. The number of para-hydroxylation sites is 2. The Bertz CT molecular complexity index is 479. The van der Waals surface area contributed by atoms with Crippen LogP contribution in [0, 0.1) is 5.92 Å². The van der Waals surface area contributed by atoms with Gasteiger partial charge < -0.3 is 20.3 Å². The monoisotopic (exact) mass is 305 g/mol. The fraction of sp³-hybridized carbons (Fsp3) is 0.588. The summed E-state index contributed by atoms with van der Waals surface area (Å²) in [4.78, 5) is 14.4. The van der Waals surface area contributed by atoms with Crippen LogP contribution in [0.3, 0.4) is 0 Å². The van der Waals surface area contributed by atoms with E-state index in [1.807, 2.05) is 24.3 Å². The number of methoxy groups -OCH3 is 1. The summed E-state index contributed by atoms with van der Waals surface area (Å²) in [5.74, 6) is 1.47. The number of urea groups is 1. The van der Waals surface area contributed by atoms with E-state index in [9.17, 15) is 4.79 Å². The highest BCUT2D eigenvalue weighted by atomic mass is 16.5. The number of carbonyl (C=O) groups excluding carboxylic acids is 1. The van der Waals surface area contributed by atoms with Crippen LogP contribution in [-0.4, -0.2) is 44.2 Å². The Balaban J connectivity index is 1.65. The molecule has 5 heteroatoms. The average molecular weight is 305 g/mol. The van der Waals surface area contributed by atoms with E-state index < -0.39 is 0 Å². The zero-order valence-electron chi connectivity index (χ0n) is 13.6. The van der Waals surface area contributed by atoms with Crippen LogP contribution >= 0.6 is 0 Å². The van der Waals surface area contributed by atoms with Crippen LogP contribution in [0.5, 0.6) is 5.75 Å². The molecule has 2 amide bonds. The number of nitrogens with zero attached hydrogens (tertiary/aromatic N) is 1. The molecule has 1 aromatic rings. The van der Waals surface area contributed by atoms with Crippen molar-refractivity contribution >= 4 is 11.7 Å². The summed E-state index contributed by atoms with van der Waals surface area (Å²) in [7, 11) is 1.60. The Kier molecular flexibility index (Phi) is 6.52. The van der Waals surface area contributed by atoms with Gasteiger partial charge in [-0.2, -0.15) is 0 Å². The van der Waals surface area contributed by atoms with Gasteiger partial charge >= 0.3 is 6.03 Å². The van der Waals surface area contributed by atoms with E-state index >= 15 is 0 Å². The molecule has 0 saturated carbocycles. The number of likely N-dealkylation sites (tertiary alicyclic amines) is 1. The first kappa shape index (κ1) is 16.6. The molecule has 22 heavy (non-hydrogen) atoms. The molecule has 122 valence electrons. The van der Waals surface area contributed by atoms with Crippen LogP contribution in [0.15, 0.2) is 24.3 Å². The highest BCUT2D eigenvalue weighted by Gasteiger charge is 2.15. The molecule has 1 aromatic carbocycles. The van der Waals surface area contributed by atoms with E-state index in [-0.39, 0.29) is 6.03 Å². The Morgan fingerprint density at radius 2 is 2.23 bits per heavy atom. The molecule has 1 fully saturated rings. The van der Waals surface area contributed by atoms with Gasteiger partial charge in [-0.15, -0.1) is 0 Å². The predicted octanol–water partition coefficient (Wildman–Crippen LogP) is 2.94. The average Bonchev–Trinajstić information content (AvgIpc) is 2.52. The summed E-state index contributed by atoms with van der Waals surface area (Å²) in [6.45, 7) is 6.43. The molecule has 0 aliphatic carbocycles. The molecule has 1 aliphatic rings. The van der Waals surface area contributed by atoms with Gasteiger partial charge in [-0.25, -0.2) is 4.79 Å². The number of rotatable bonds is 6. The maximum Gasteiger partial charge on any atom is 0.319 e. The maximum atomic E-state index is 11.9. The zero-order chi connectivity index (χ0) is 15.8. The predicted molar refractivity (Wildman–Crippen MR) is 89.5 cm³/mol. The van der Waals surface area contributed by atoms with E-state index in [2.05, 4.69) is 22.5 Å². The van der Waals surface area contributed by atoms with E-state index in [4.69, 9.17) is 4.74 Å². The molecule has 5 nitrogen and oxygen atoms in total. The molecule has 2 N–H and O–H groups in total. The lowest BCUT2D eigenvalue weighted by molar-refractivity contribution is 0.182. The Hall–Kier alpha value is -1.75. The van der Waals surface area contributed by atoms with Crippen molar-refractivity contribution in [2.24, 2.45) is 5.92 Å². The van der Waals surface area contributed by atoms with E-state index in [0.717, 1.165) is 18.9 Å². The van der Waals surface area contributed by atoms with Gasteiger partial charge in [-0.1, -0.05) is 19.1 Å². The second-order valence-corrected chi connectivity index (χ2v) is 5.98. The molecule has 1 unspecified atom stereocenters. The third kappa shape index (κ3) is 5.22. The van der Waals surface area contributed by atoms with Crippen LogP contribution in [0.2, 0.25) is 0 Å². The van der Waals surface area contributed by atoms with Crippen LogP contribution in [-0.2, 0) is 0 Å². The topological polar surface area (TPSA) is 53.6 Å². The summed E-state index contributed by atoms with van der Waals surface area (Å²) < 4.78 is 5.21. The highest BCUT2D eigenvalue weighted by molar-refractivity contribution is 5.90. The quantitative estimate of drug-likeness (QED) is 0.795. The van der Waals surface area contributed by atoms with E-state index in [0.29, 0.717) is 18.0 Å². The highest BCUT2D eigenvalue weighted by Crippen LogP contribution is 2.22. The molecule has 1 aliphatic heterocycles. The SMILES string of the molecule is COc1ccccc1NC(=O)NCCCN1CCCC(C)C1. The minimum Gasteiger partial charge on any atom is -0.495 e. The van der Waals surface area contributed by atoms with Gasteiger partial charge in [0, 0.05) is 13.1 Å². The minimum atomic E-state index is -0.184. The number of nitrogens with one attached hydrogen (secondary N) is 2. The molecule has 0 bridgehead atoms. The van der Waals surface area contributed by atoms with Crippen molar-refractivity contribution in [3.05, 3.63) is 24.3 Å². The fourth-order valence-corrected chi connectivity index (χ4v) is 2.91. The third-order valence-electron chi connectivity index (χ3n) is 4.03. The molecule has 0 spiro atoms. The third-order valence-corrected chi connectivity index (χ3v) is 4.03. The van der Waals surface area contributed by atoms with Gasteiger partial charge in [0.05, 0.1) is 12.8 Å². The lowest BCUT2D eigenvalue weighted by atomic mass is 10.0. The van der Waals surface area contributed by atoms with Crippen LogP contribution in [0.4, 0.5) is 10.5 Å². The number of hydrogen-bond acceptors (Lipinski definition) is 3. The van der Waals surface area contributed by atoms with Gasteiger partial charge in [-0.05, 0) is 50.4 Å². The second kappa shape index (κ2) is 8.63. The van der Waals surface area contributed by atoms with Crippen molar-refractivity contribution in [1.82, 2.24) is 10.2 Å². The molecule has 1 heterocycles. The van der Waals surface area contributed by atoms with Gasteiger partial charge in [0.2, 0.25) is 0 Å². The number of benzene rings is 1. The first-order chi connectivity index (χ1) is 10.7. The van der Waals surface area contributed by atoms with Crippen LogP contribution < -0.4 is 15.4 Å². The van der Waals surface area contributed by atoms with Gasteiger partial charge in [0.25, 0.3) is 0 Å². The smallest absolute Gasteiger partial charge is 0.319 e. The number of amides is 2. The molecule has 0 radical (unpaired) electrons. The summed E-state index contributed by atoms with van der Waals surface area (Å²) in [5.41, 5.74) is 0.687. The van der Waals surface area contributed by atoms with Gasteiger partial charge in [-0.3, -0.25) is 0 Å². The summed E-state index contributed by atoms with van der Waals surface area (Å²) in [6.07, 6.45) is 3.62. The van der Waals surface area contributed by atoms with Crippen LogP contribution in [0.1, 0.15) is 26.2 Å². The number of anilines is 1. The molecule has 1 atom stereocenters. The van der Waals surface area contributed by atoms with Crippen molar-refractivity contribution in [3.8, 4) is 5.75 Å². The van der Waals surface area contributed by atoms with E-state index in [1.165, 1.54) is 25.9 Å². The van der Waals surface area contributed by atoms with Gasteiger partial charge in [0.1, 0.15) is 5.75 Å². The summed E-state index contributed by atoms with van der Waals surface area (Å²) in [6, 6.07) is 7.22. The van der Waals surface area contributed by atoms with Crippen molar-refractivity contribution in [1.29, 1.82) is 0 Å². The molecule has 1 saturated heterocycles. The molecule has 2 rings (SSSR count). The summed E-state index contributed by atoms with van der Waals surface area (Å²) >= 11 is 0. The van der Waals surface area contributed by atoms with Crippen molar-refractivity contribution in [2.75, 3.05) is 38.6 Å². The van der Waals surface area contributed by atoms with Crippen molar-refractivity contribution in [3.63, 3.8) is 0 Å². The van der Waals surface area contributed by atoms with Crippen molar-refractivity contribution < 1.29 is 9.53 Å². The lowest BCUT2D eigenvalue weighted by Gasteiger charge is -2.30. The fourth-order valence-electron chi connectivity index (χ4n) is 2.91. The summed E-state index contributed by atoms with van der Waals surface area (Å²) in [5, 5.41) is 5.72. The van der Waals surface area contributed by atoms with E-state index in [1.54, 1.807) is 7.11 Å². The Labute approximate surface area is 133 Å². The largest absolute Gasteiger partial charge is 0.495 e.